The smallest absolute Gasteiger partial charge is 0.323 e. The fraction of sp³-hybridized carbons (Fsp3) is 0.278. The number of carbonyl (C=O) groups excluding carboxylic acids is 1. The van der Waals surface area contributed by atoms with Crippen LogP contribution in [0, 0.1) is 5.82 Å². The van der Waals surface area contributed by atoms with Crippen molar-refractivity contribution in [3.8, 4) is 0 Å². The summed E-state index contributed by atoms with van der Waals surface area (Å²) < 4.78 is 13.1. The Bertz CT molecular complexity index is 696. The molecule has 1 aliphatic rings. The Morgan fingerprint density at radius 2 is 1.62 bits per heavy atom. The van der Waals surface area contributed by atoms with Crippen molar-refractivity contribution < 1.29 is 9.18 Å². The Hall–Kier alpha value is -2.60. The molecule has 0 aromatic heterocycles. The molecule has 0 saturated carbocycles. The van der Waals surface area contributed by atoms with Crippen molar-refractivity contribution in [3.05, 3.63) is 54.3 Å². The van der Waals surface area contributed by atoms with Gasteiger partial charge < -0.3 is 20.4 Å². The molecular weight excluding hydrogens is 307 g/mol. The number of anilines is 3. The zero-order valence-electron chi connectivity index (χ0n) is 13.6. The topological polar surface area (TPSA) is 47.6 Å². The summed E-state index contributed by atoms with van der Waals surface area (Å²) in [4.78, 5) is 16.6. The van der Waals surface area contributed by atoms with Crippen molar-refractivity contribution in [2.24, 2.45) is 0 Å². The van der Waals surface area contributed by atoms with E-state index >= 15 is 0 Å². The third kappa shape index (κ3) is 4.23. The number of amides is 2. The maximum Gasteiger partial charge on any atom is 0.323 e. The molecule has 2 aromatic rings. The first kappa shape index (κ1) is 16.3. The van der Waals surface area contributed by atoms with Gasteiger partial charge in [0.25, 0.3) is 0 Å². The second-order valence-electron chi connectivity index (χ2n) is 5.93. The lowest BCUT2D eigenvalue weighted by atomic mass is 10.2. The van der Waals surface area contributed by atoms with Gasteiger partial charge in [-0.25, -0.2) is 9.18 Å². The van der Waals surface area contributed by atoms with Crippen molar-refractivity contribution in [2.45, 2.75) is 0 Å². The average Bonchev–Trinajstić information content (AvgIpc) is 2.56. The highest BCUT2D eigenvalue weighted by Crippen LogP contribution is 2.19. The summed E-state index contributed by atoms with van der Waals surface area (Å²) in [5, 5.41) is 5.36. The number of urea groups is 1. The summed E-state index contributed by atoms with van der Waals surface area (Å²) >= 11 is 0. The van der Waals surface area contributed by atoms with Crippen LogP contribution in [0.3, 0.4) is 0 Å². The predicted molar refractivity (Wildman–Crippen MR) is 95.2 cm³/mol. The predicted octanol–water partition coefficient (Wildman–Crippen LogP) is 3.22. The molecule has 5 nitrogen and oxygen atoms in total. The molecule has 1 heterocycles. The Labute approximate surface area is 141 Å². The lowest BCUT2D eigenvalue weighted by molar-refractivity contribution is 0.262. The number of nitrogens with zero attached hydrogens (tertiary/aromatic N) is 2. The van der Waals surface area contributed by atoms with Crippen LogP contribution >= 0.6 is 0 Å². The maximum atomic E-state index is 13.1. The normalized spacial score (nSPS) is 15.2. The van der Waals surface area contributed by atoms with Gasteiger partial charge in [0.05, 0.1) is 0 Å². The molecule has 126 valence electrons. The summed E-state index contributed by atoms with van der Waals surface area (Å²) in [6.07, 6.45) is 0. The molecule has 2 amide bonds. The van der Waals surface area contributed by atoms with Gasteiger partial charge in [-0.3, -0.25) is 0 Å². The van der Waals surface area contributed by atoms with Crippen LogP contribution in [-0.4, -0.2) is 44.2 Å². The van der Waals surface area contributed by atoms with Crippen molar-refractivity contribution in [1.29, 1.82) is 0 Å². The third-order valence-electron chi connectivity index (χ3n) is 4.08. The first-order valence-electron chi connectivity index (χ1n) is 7.97. The highest BCUT2D eigenvalue weighted by atomic mass is 19.1. The van der Waals surface area contributed by atoms with Crippen LogP contribution in [0.5, 0.6) is 0 Å². The van der Waals surface area contributed by atoms with Crippen molar-refractivity contribution in [2.75, 3.05) is 48.8 Å². The summed E-state index contributed by atoms with van der Waals surface area (Å²) in [6, 6.07) is 13.2. The van der Waals surface area contributed by atoms with Gasteiger partial charge >= 0.3 is 6.03 Å². The Morgan fingerprint density at radius 1 is 0.958 bits per heavy atom. The fourth-order valence-corrected chi connectivity index (χ4v) is 2.68. The molecule has 24 heavy (non-hydrogen) atoms. The number of halogens is 1. The van der Waals surface area contributed by atoms with Crippen LogP contribution in [0.4, 0.5) is 26.2 Å². The summed E-state index contributed by atoms with van der Waals surface area (Å²) in [7, 11) is 2.13. The Kier molecular flexibility index (Phi) is 4.96. The number of likely N-dealkylation sites (N-methyl/N-ethyl adjacent to an activating group) is 1. The highest BCUT2D eigenvalue weighted by Gasteiger charge is 2.14. The standard InChI is InChI=1S/C18H21FN4O/c1-22-9-11-23(12-10-22)17-7-5-15(6-8-17)20-18(24)21-16-4-2-3-14(19)13-16/h2-8,13H,9-12H2,1H3,(H2,20,21,24). The second kappa shape index (κ2) is 7.31. The van der Waals surface area contributed by atoms with Crippen LogP contribution in [-0.2, 0) is 0 Å². The van der Waals surface area contributed by atoms with Crippen LogP contribution in [0.2, 0.25) is 0 Å². The number of carbonyl (C=O) groups is 1. The number of benzene rings is 2. The maximum absolute atomic E-state index is 13.1. The zero-order chi connectivity index (χ0) is 16.9. The van der Waals surface area contributed by atoms with Crippen LogP contribution in [0.1, 0.15) is 0 Å². The quantitative estimate of drug-likeness (QED) is 0.909. The molecule has 2 aromatic carbocycles. The number of hydrogen-bond donors (Lipinski definition) is 2. The van der Waals surface area contributed by atoms with E-state index in [1.54, 1.807) is 12.1 Å². The van der Waals surface area contributed by atoms with E-state index in [4.69, 9.17) is 0 Å². The molecule has 1 aliphatic heterocycles. The molecule has 2 N–H and O–H groups in total. The molecule has 0 unspecified atom stereocenters. The van der Waals surface area contributed by atoms with E-state index in [1.165, 1.54) is 12.1 Å². The zero-order valence-corrected chi connectivity index (χ0v) is 13.6. The van der Waals surface area contributed by atoms with Gasteiger partial charge in [-0.15, -0.1) is 0 Å². The molecule has 0 bridgehead atoms. The SMILES string of the molecule is CN1CCN(c2ccc(NC(=O)Nc3cccc(F)c3)cc2)CC1. The van der Waals surface area contributed by atoms with E-state index in [0.717, 1.165) is 31.9 Å². The lowest BCUT2D eigenvalue weighted by Crippen LogP contribution is -2.44. The van der Waals surface area contributed by atoms with Crippen LogP contribution in [0.15, 0.2) is 48.5 Å². The van der Waals surface area contributed by atoms with Crippen LogP contribution in [0.25, 0.3) is 0 Å². The van der Waals surface area contributed by atoms with Gasteiger partial charge in [0.1, 0.15) is 5.82 Å². The van der Waals surface area contributed by atoms with Gasteiger partial charge in [0, 0.05) is 43.2 Å². The lowest BCUT2D eigenvalue weighted by Gasteiger charge is -2.34. The molecule has 6 heteroatoms. The van der Waals surface area contributed by atoms with Gasteiger partial charge in [-0.05, 0) is 49.5 Å². The minimum atomic E-state index is -0.395. The number of piperazine rings is 1. The largest absolute Gasteiger partial charge is 0.369 e. The minimum Gasteiger partial charge on any atom is -0.369 e. The van der Waals surface area contributed by atoms with E-state index in [1.807, 2.05) is 24.3 Å². The number of hydrogen-bond acceptors (Lipinski definition) is 3. The first-order chi connectivity index (χ1) is 11.6. The van der Waals surface area contributed by atoms with Crippen molar-refractivity contribution in [3.63, 3.8) is 0 Å². The molecule has 0 spiro atoms. The summed E-state index contributed by atoms with van der Waals surface area (Å²) in [6.45, 7) is 4.11. The summed E-state index contributed by atoms with van der Waals surface area (Å²) in [5.41, 5.74) is 2.27. The number of nitrogens with one attached hydrogen (secondary N) is 2. The summed E-state index contributed by atoms with van der Waals surface area (Å²) in [5.74, 6) is -0.385. The van der Waals surface area contributed by atoms with E-state index in [-0.39, 0.29) is 5.82 Å². The van der Waals surface area contributed by atoms with Crippen molar-refractivity contribution in [1.82, 2.24) is 4.90 Å². The Morgan fingerprint density at radius 3 is 2.29 bits per heavy atom. The highest BCUT2D eigenvalue weighted by molar-refractivity contribution is 5.99. The molecule has 3 rings (SSSR count). The fourth-order valence-electron chi connectivity index (χ4n) is 2.68. The first-order valence-corrected chi connectivity index (χ1v) is 7.97. The van der Waals surface area contributed by atoms with E-state index in [9.17, 15) is 9.18 Å². The molecule has 0 aliphatic carbocycles. The molecule has 0 radical (unpaired) electrons. The van der Waals surface area contributed by atoms with Gasteiger partial charge in [0.15, 0.2) is 0 Å². The average molecular weight is 328 g/mol. The van der Waals surface area contributed by atoms with Gasteiger partial charge in [-0.2, -0.15) is 0 Å². The van der Waals surface area contributed by atoms with Gasteiger partial charge in [0.2, 0.25) is 0 Å². The van der Waals surface area contributed by atoms with E-state index < -0.39 is 6.03 Å². The van der Waals surface area contributed by atoms with Gasteiger partial charge in [-0.1, -0.05) is 6.07 Å². The molecule has 1 fully saturated rings. The second-order valence-corrected chi connectivity index (χ2v) is 5.93. The van der Waals surface area contributed by atoms with Crippen LogP contribution < -0.4 is 15.5 Å². The third-order valence-corrected chi connectivity index (χ3v) is 4.08. The monoisotopic (exact) mass is 328 g/mol. The van der Waals surface area contributed by atoms with E-state index in [2.05, 4.69) is 27.5 Å². The molecule has 0 atom stereocenters. The van der Waals surface area contributed by atoms with Crippen molar-refractivity contribution >= 4 is 23.1 Å². The number of rotatable bonds is 3. The Balaban J connectivity index is 1.56. The molecule has 1 saturated heterocycles. The minimum absolute atomic E-state index is 0.385. The van der Waals surface area contributed by atoms with E-state index in [0.29, 0.717) is 11.4 Å². The molecular formula is C18H21FN4O.